The molecule has 2 aliphatic heterocycles. The average Bonchev–Trinajstić information content (AvgIpc) is 3.75. The van der Waals surface area contributed by atoms with Crippen LogP contribution < -0.4 is 10.0 Å². The van der Waals surface area contributed by atoms with Crippen LogP contribution in [0.25, 0.3) is 9.75 Å². The largest absolute Gasteiger partial charge is 0.353 e. The summed E-state index contributed by atoms with van der Waals surface area (Å²) in [4.78, 5) is 43.7. The van der Waals surface area contributed by atoms with E-state index in [9.17, 15) is 31.2 Å². The monoisotopic (exact) mass is 712 g/mol. The van der Waals surface area contributed by atoms with Gasteiger partial charge in [-0.25, -0.2) is 16.8 Å². The number of amides is 3. The Morgan fingerprint density at radius 3 is 2.33 bits per heavy atom. The number of nitrogens with zero attached hydrogens (tertiary/aromatic N) is 2. The highest BCUT2D eigenvalue weighted by Gasteiger charge is 2.36. The Labute approximate surface area is 275 Å². The lowest BCUT2D eigenvalue weighted by Crippen LogP contribution is -2.55. The van der Waals surface area contributed by atoms with Gasteiger partial charge in [0.2, 0.25) is 17.7 Å². The van der Waals surface area contributed by atoms with Gasteiger partial charge >= 0.3 is 0 Å². The molecule has 45 heavy (non-hydrogen) atoms. The van der Waals surface area contributed by atoms with Crippen molar-refractivity contribution in [2.24, 2.45) is 0 Å². The first-order valence-electron chi connectivity index (χ1n) is 14.3. The van der Waals surface area contributed by atoms with Gasteiger partial charge in [0.05, 0.1) is 15.8 Å². The highest BCUT2D eigenvalue weighted by Crippen LogP contribution is 2.37. The number of halogens is 1. The molecular weight excluding hydrogens is 680 g/mol. The number of carbonyl (C=O) groups excluding carboxylic acids is 3. The van der Waals surface area contributed by atoms with E-state index in [4.69, 9.17) is 11.6 Å². The summed E-state index contributed by atoms with van der Waals surface area (Å²) in [6, 6.07) is 11.7. The molecule has 0 aliphatic carbocycles. The number of hydrogen-bond donors (Lipinski definition) is 2. The van der Waals surface area contributed by atoms with Crippen LogP contribution in [0.1, 0.15) is 31.2 Å². The van der Waals surface area contributed by atoms with E-state index in [0.717, 1.165) is 26.7 Å². The van der Waals surface area contributed by atoms with Gasteiger partial charge in [-0.3, -0.25) is 14.4 Å². The Bertz CT molecular complexity index is 1790. The van der Waals surface area contributed by atoms with Crippen LogP contribution in [0, 0.1) is 6.92 Å². The number of carbonyl (C=O) groups is 3. The van der Waals surface area contributed by atoms with Gasteiger partial charge in [-0.05, 0) is 69.0 Å². The van der Waals surface area contributed by atoms with E-state index >= 15 is 0 Å². The zero-order valence-corrected chi connectivity index (χ0v) is 28.4. The minimum Gasteiger partial charge on any atom is -0.353 e. The normalized spacial score (nSPS) is 19.2. The zero-order chi connectivity index (χ0) is 32.4. The lowest BCUT2D eigenvalue weighted by molar-refractivity contribution is -0.143. The number of likely N-dealkylation sites (tertiary alicyclic amines) is 2. The summed E-state index contributed by atoms with van der Waals surface area (Å²) in [6.45, 7) is 2.47. The third-order valence-corrected chi connectivity index (χ3v) is 13.9. The number of sulfonamides is 1. The van der Waals surface area contributed by atoms with E-state index in [-0.39, 0.29) is 34.1 Å². The van der Waals surface area contributed by atoms with Crippen molar-refractivity contribution in [2.45, 2.75) is 53.8 Å². The SMILES string of the molecule is Cc1ccc(S(=O)(=O)CC(=O)NCC2CCCN2C(=O)CN2CCCC(NS(=O)(=O)c3ccc(-c4ccc(Cl)s4)s3)C2=O)cc1. The molecule has 2 atom stereocenters. The van der Waals surface area contributed by atoms with E-state index in [1.807, 2.05) is 13.0 Å². The quantitative estimate of drug-likeness (QED) is 0.310. The predicted molar refractivity (Wildman–Crippen MR) is 174 cm³/mol. The van der Waals surface area contributed by atoms with Crippen LogP contribution in [-0.2, 0) is 34.2 Å². The van der Waals surface area contributed by atoms with Crippen molar-refractivity contribution in [3.05, 3.63) is 58.4 Å². The molecule has 0 spiro atoms. The van der Waals surface area contributed by atoms with Crippen LogP contribution in [0.2, 0.25) is 4.34 Å². The summed E-state index contributed by atoms with van der Waals surface area (Å²) in [5.41, 5.74) is 0.904. The summed E-state index contributed by atoms with van der Waals surface area (Å²) in [5.74, 6) is -2.14. The summed E-state index contributed by atoms with van der Waals surface area (Å²) >= 11 is 8.44. The van der Waals surface area contributed by atoms with Gasteiger partial charge in [-0.15, -0.1) is 22.7 Å². The number of rotatable bonds is 11. The van der Waals surface area contributed by atoms with E-state index in [2.05, 4.69) is 10.0 Å². The van der Waals surface area contributed by atoms with Gasteiger partial charge in [-0.2, -0.15) is 4.72 Å². The number of aryl methyl sites for hydroxylation is 1. The van der Waals surface area contributed by atoms with E-state index in [1.165, 1.54) is 34.4 Å². The number of thiophene rings is 2. The first-order valence-corrected chi connectivity index (χ1v) is 19.5. The molecule has 11 nitrogen and oxygen atoms in total. The van der Waals surface area contributed by atoms with Gasteiger partial charge in [-0.1, -0.05) is 29.3 Å². The molecule has 16 heteroatoms. The smallest absolute Gasteiger partial charge is 0.250 e. The van der Waals surface area contributed by atoms with E-state index in [1.54, 1.807) is 29.2 Å². The molecule has 2 N–H and O–H groups in total. The molecule has 5 rings (SSSR count). The maximum atomic E-state index is 13.3. The number of benzene rings is 1. The fraction of sp³-hybridized carbons (Fsp3) is 0.414. The van der Waals surface area contributed by atoms with Crippen molar-refractivity contribution in [2.75, 3.05) is 31.9 Å². The molecular formula is C29H33ClN4O7S4. The van der Waals surface area contributed by atoms with Crippen LogP contribution in [0.5, 0.6) is 0 Å². The Morgan fingerprint density at radius 2 is 1.62 bits per heavy atom. The Kier molecular flexibility index (Phi) is 10.4. The third kappa shape index (κ3) is 8.13. The minimum atomic E-state index is -3.98. The van der Waals surface area contributed by atoms with Gasteiger partial charge in [0, 0.05) is 35.4 Å². The van der Waals surface area contributed by atoms with Gasteiger partial charge < -0.3 is 15.1 Å². The van der Waals surface area contributed by atoms with Crippen molar-refractivity contribution >= 4 is 71.9 Å². The number of hydrogen-bond acceptors (Lipinski definition) is 9. The van der Waals surface area contributed by atoms with Crippen LogP contribution in [0.4, 0.5) is 0 Å². The van der Waals surface area contributed by atoms with E-state index < -0.39 is 43.5 Å². The van der Waals surface area contributed by atoms with Crippen molar-refractivity contribution in [3.63, 3.8) is 0 Å². The molecule has 2 fully saturated rings. The lowest BCUT2D eigenvalue weighted by atomic mass is 10.1. The van der Waals surface area contributed by atoms with Gasteiger partial charge in [0.25, 0.3) is 10.0 Å². The second-order valence-electron chi connectivity index (χ2n) is 11.1. The minimum absolute atomic E-state index is 0.0663. The predicted octanol–water partition coefficient (Wildman–Crippen LogP) is 3.29. The molecule has 3 aromatic rings. The van der Waals surface area contributed by atoms with E-state index in [0.29, 0.717) is 43.1 Å². The highest BCUT2D eigenvalue weighted by atomic mass is 35.5. The Balaban J connectivity index is 1.14. The topological polar surface area (TPSA) is 150 Å². The van der Waals surface area contributed by atoms with Crippen LogP contribution >= 0.6 is 34.3 Å². The Hall–Kier alpha value is -2.82. The highest BCUT2D eigenvalue weighted by molar-refractivity contribution is 7.92. The maximum Gasteiger partial charge on any atom is 0.250 e. The molecule has 2 unspecified atom stereocenters. The summed E-state index contributed by atoms with van der Waals surface area (Å²) in [5, 5.41) is 2.65. The van der Waals surface area contributed by atoms with Crippen molar-refractivity contribution in [1.29, 1.82) is 0 Å². The second kappa shape index (κ2) is 13.9. The van der Waals surface area contributed by atoms with Crippen molar-refractivity contribution in [1.82, 2.24) is 19.8 Å². The van der Waals surface area contributed by atoms with Crippen LogP contribution in [0.15, 0.2) is 57.6 Å². The van der Waals surface area contributed by atoms with Crippen LogP contribution in [-0.4, -0.2) is 88.4 Å². The molecule has 3 amide bonds. The second-order valence-corrected chi connectivity index (χ2v) is 17.8. The summed E-state index contributed by atoms with van der Waals surface area (Å²) < 4.78 is 54.7. The number of nitrogens with one attached hydrogen (secondary N) is 2. The number of sulfone groups is 1. The molecule has 0 saturated carbocycles. The molecule has 2 aliphatic rings. The first-order chi connectivity index (χ1) is 21.3. The van der Waals surface area contributed by atoms with Gasteiger partial charge in [0.1, 0.15) is 16.0 Å². The summed E-state index contributed by atoms with van der Waals surface area (Å²) in [6.07, 6.45) is 2.15. The fourth-order valence-corrected chi connectivity index (χ4v) is 10.3. The molecule has 0 bridgehead atoms. The third-order valence-electron chi connectivity index (χ3n) is 7.75. The van der Waals surface area contributed by atoms with Gasteiger partial charge in [0.15, 0.2) is 9.84 Å². The number of piperidine rings is 1. The van der Waals surface area contributed by atoms with Crippen LogP contribution in [0.3, 0.4) is 0 Å². The lowest BCUT2D eigenvalue weighted by Gasteiger charge is -2.34. The summed E-state index contributed by atoms with van der Waals surface area (Å²) in [7, 11) is -7.80. The zero-order valence-electron chi connectivity index (χ0n) is 24.4. The maximum absolute atomic E-state index is 13.3. The molecule has 2 saturated heterocycles. The molecule has 2 aromatic heterocycles. The first kappa shape index (κ1) is 33.5. The Morgan fingerprint density at radius 1 is 0.933 bits per heavy atom. The molecule has 0 radical (unpaired) electrons. The standard InChI is InChI=1S/C29H33ClN4O7S4/c1-19-6-8-21(9-7-19)44(38,39)18-26(35)31-16-20-4-2-15-34(20)27(36)17-33-14-3-5-22(29(33)37)32-45(40,41)28-13-11-24(43-28)23-10-12-25(30)42-23/h6-13,20,22,32H,2-5,14-18H2,1H3,(H,31,35). The van der Waals surface area contributed by atoms with Crippen molar-refractivity contribution < 1.29 is 31.2 Å². The molecule has 4 heterocycles. The molecule has 1 aromatic carbocycles. The fourth-order valence-electron chi connectivity index (χ4n) is 5.41. The van der Waals surface area contributed by atoms with Crippen molar-refractivity contribution in [3.8, 4) is 9.75 Å². The average molecular weight is 713 g/mol. The molecule has 242 valence electrons.